The van der Waals surface area contributed by atoms with Crippen LogP contribution >= 0.6 is 24.0 Å². The van der Waals surface area contributed by atoms with Gasteiger partial charge in [0.15, 0.2) is 5.96 Å². The number of benzene rings is 1. The van der Waals surface area contributed by atoms with Gasteiger partial charge in [0.05, 0.1) is 18.0 Å². The number of halogens is 1. The number of ether oxygens (including phenoxy) is 1. The Balaban J connectivity index is 0.00000450. The van der Waals surface area contributed by atoms with Gasteiger partial charge in [-0.2, -0.15) is 0 Å². The Kier molecular flexibility index (Phi) is 12.2. The lowest BCUT2D eigenvalue weighted by atomic mass is 10.2. The predicted molar refractivity (Wildman–Crippen MR) is 127 cm³/mol. The molecule has 0 heterocycles. The van der Waals surface area contributed by atoms with Gasteiger partial charge in [-0.15, -0.1) is 24.0 Å². The average molecular weight is 553 g/mol. The summed E-state index contributed by atoms with van der Waals surface area (Å²) < 4.78 is 32.0. The highest BCUT2D eigenvalue weighted by atomic mass is 127. The SMILES string of the molecule is CCNC(=NCc1cccc(S(=O)(=O)NCCOC)c1)NCCNC(=O)C1CC1.I. The van der Waals surface area contributed by atoms with E-state index < -0.39 is 10.0 Å². The predicted octanol–water partition coefficient (Wildman–Crippen LogP) is 0.811. The number of carbonyl (C=O) groups is 1. The van der Waals surface area contributed by atoms with Crippen LogP contribution in [0.1, 0.15) is 25.3 Å². The molecule has 1 aromatic carbocycles. The van der Waals surface area contributed by atoms with Crippen molar-refractivity contribution in [3.63, 3.8) is 0 Å². The van der Waals surface area contributed by atoms with Crippen LogP contribution in [-0.2, 0) is 26.1 Å². The van der Waals surface area contributed by atoms with Gasteiger partial charge < -0.3 is 20.7 Å². The molecule has 1 saturated carbocycles. The van der Waals surface area contributed by atoms with Gasteiger partial charge in [0.1, 0.15) is 0 Å². The maximum absolute atomic E-state index is 12.3. The van der Waals surface area contributed by atoms with E-state index >= 15 is 0 Å². The minimum Gasteiger partial charge on any atom is -0.383 e. The second-order valence-corrected chi connectivity index (χ2v) is 8.49. The van der Waals surface area contributed by atoms with Crippen molar-refractivity contribution in [1.29, 1.82) is 0 Å². The Morgan fingerprint density at radius 2 is 1.90 bits per heavy atom. The molecule has 170 valence electrons. The van der Waals surface area contributed by atoms with Crippen LogP contribution in [0.4, 0.5) is 0 Å². The van der Waals surface area contributed by atoms with E-state index in [1.54, 1.807) is 18.2 Å². The molecule has 9 nitrogen and oxygen atoms in total. The molecular weight excluding hydrogens is 521 g/mol. The van der Waals surface area contributed by atoms with Crippen LogP contribution in [-0.4, -0.2) is 60.2 Å². The Labute approximate surface area is 195 Å². The minimum absolute atomic E-state index is 0. The van der Waals surface area contributed by atoms with E-state index in [0.29, 0.717) is 38.7 Å². The number of hydrogen-bond acceptors (Lipinski definition) is 5. The Morgan fingerprint density at radius 1 is 1.17 bits per heavy atom. The summed E-state index contributed by atoms with van der Waals surface area (Å²) in [5, 5.41) is 9.20. The van der Waals surface area contributed by atoms with Crippen LogP contribution in [0.15, 0.2) is 34.2 Å². The summed E-state index contributed by atoms with van der Waals surface area (Å²) in [7, 11) is -2.06. The van der Waals surface area contributed by atoms with E-state index in [2.05, 4.69) is 25.7 Å². The van der Waals surface area contributed by atoms with Gasteiger partial charge in [0, 0.05) is 39.2 Å². The maximum atomic E-state index is 12.3. The summed E-state index contributed by atoms with van der Waals surface area (Å²) in [6.45, 7) is 4.59. The van der Waals surface area contributed by atoms with Crippen LogP contribution in [0.5, 0.6) is 0 Å². The fraction of sp³-hybridized carbons (Fsp3) is 0.579. The molecule has 4 N–H and O–H groups in total. The summed E-state index contributed by atoms with van der Waals surface area (Å²) in [6, 6.07) is 6.69. The number of nitrogens with zero attached hydrogens (tertiary/aromatic N) is 1. The van der Waals surface area contributed by atoms with E-state index in [9.17, 15) is 13.2 Å². The molecule has 1 aliphatic carbocycles. The third kappa shape index (κ3) is 9.58. The van der Waals surface area contributed by atoms with Crippen molar-refractivity contribution in [3.05, 3.63) is 29.8 Å². The number of aliphatic imine (C=N–C) groups is 1. The second-order valence-electron chi connectivity index (χ2n) is 6.73. The van der Waals surface area contributed by atoms with Gasteiger partial charge in [-0.3, -0.25) is 4.79 Å². The van der Waals surface area contributed by atoms with E-state index in [4.69, 9.17) is 4.74 Å². The van der Waals surface area contributed by atoms with Gasteiger partial charge in [-0.25, -0.2) is 18.1 Å². The highest BCUT2D eigenvalue weighted by Crippen LogP contribution is 2.28. The molecule has 0 atom stereocenters. The smallest absolute Gasteiger partial charge is 0.240 e. The molecule has 0 radical (unpaired) electrons. The molecule has 0 bridgehead atoms. The molecule has 0 saturated heterocycles. The fourth-order valence-corrected chi connectivity index (χ4v) is 3.62. The number of guanidine groups is 1. The molecule has 11 heteroatoms. The van der Waals surface area contributed by atoms with Gasteiger partial charge in [0.2, 0.25) is 15.9 Å². The molecule has 1 aromatic rings. The summed E-state index contributed by atoms with van der Waals surface area (Å²) in [5.74, 6) is 0.926. The first kappa shape index (κ1) is 26.6. The zero-order valence-corrected chi connectivity index (χ0v) is 20.6. The lowest BCUT2D eigenvalue weighted by Crippen LogP contribution is -2.41. The first-order valence-electron chi connectivity index (χ1n) is 9.83. The summed E-state index contributed by atoms with van der Waals surface area (Å²) in [5.41, 5.74) is 0.777. The molecular formula is C19H32IN5O4S. The molecule has 0 unspecified atom stereocenters. The topological polar surface area (TPSA) is 121 Å². The van der Waals surface area contributed by atoms with E-state index in [1.165, 1.54) is 7.11 Å². The van der Waals surface area contributed by atoms with E-state index in [-0.39, 0.29) is 47.2 Å². The zero-order chi connectivity index (χ0) is 21.1. The highest BCUT2D eigenvalue weighted by Gasteiger charge is 2.28. The Hall–Kier alpha value is -1.44. The number of rotatable bonds is 12. The average Bonchev–Trinajstić information content (AvgIpc) is 3.55. The molecule has 2 rings (SSSR count). The van der Waals surface area contributed by atoms with Crippen molar-refractivity contribution in [1.82, 2.24) is 20.7 Å². The lowest BCUT2D eigenvalue weighted by Gasteiger charge is -2.12. The molecule has 0 aliphatic heterocycles. The third-order valence-electron chi connectivity index (χ3n) is 4.24. The van der Waals surface area contributed by atoms with Gasteiger partial charge >= 0.3 is 0 Å². The maximum Gasteiger partial charge on any atom is 0.240 e. The number of methoxy groups -OCH3 is 1. The van der Waals surface area contributed by atoms with Crippen molar-refractivity contribution in [2.75, 3.05) is 39.9 Å². The number of hydrogen-bond donors (Lipinski definition) is 4. The number of carbonyl (C=O) groups excluding carboxylic acids is 1. The monoisotopic (exact) mass is 553 g/mol. The second kappa shape index (κ2) is 13.8. The van der Waals surface area contributed by atoms with E-state index in [1.807, 2.05) is 13.0 Å². The first-order valence-corrected chi connectivity index (χ1v) is 11.3. The molecule has 0 spiro atoms. The van der Waals surface area contributed by atoms with E-state index in [0.717, 1.165) is 18.4 Å². The molecule has 0 aromatic heterocycles. The minimum atomic E-state index is -3.58. The van der Waals surface area contributed by atoms with Gasteiger partial charge in [0.25, 0.3) is 0 Å². The number of amides is 1. The Morgan fingerprint density at radius 3 is 2.57 bits per heavy atom. The van der Waals surface area contributed by atoms with Crippen molar-refractivity contribution in [2.45, 2.75) is 31.2 Å². The van der Waals surface area contributed by atoms with Crippen LogP contribution in [0.2, 0.25) is 0 Å². The van der Waals surface area contributed by atoms with Gasteiger partial charge in [-0.1, -0.05) is 12.1 Å². The summed E-state index contributed by atoms with van der Waals surface area (Å²) in [4.78, 5) is 16.3. The first-order chi connectivity index (χ1) is 14.0. The van der Waals surface area contributed by atoms with Crippen molar-refractivity contribution in [2.24, 2.45) is 10.9 Å². The highest BCUT2D eigenvalue weighted by molar-refractivity contribution is 14.0. The normalized spacial score (nSPS) is 14.0. The van der Waals surface area contributed by atoms with Crippen LogP contribution in [0, 0.1) is 5.92 Å². The molecule has 1 fully saturated rings. The quantitative estimate of drug-likeness (QED) is 0.132. The van der Waals surface area contributed by atoms with Crippen LogP contribution in [0.25, 0.3) is 0 Å². The summed E-state index contributed by atoms with van der Waals surface area (Å²) >= 11 is 0. The fourth-order valence-electron chi connectivity index (χ4n) is 2.54. The van der Waals surface area contributed by atoms with Crippen molar-refractivity contribution >= 4 is 45.9 Å². The van der Waals surface area contributed by atoms with Crippen molar-refractivity contribution < 1.29 is 17.9 Å². The van der Waals surface area contributed by atoms with Crippen molar-refractivity contribution in [3.8, 4) is 0 Å². The third-order valence-corrected chi connectivity index (χ3v) is 5.69. The molecule has 30 heavy (non-hydrogen) atoms. The summed E-state index contributed by atoms with van der Waals surface area (Å²) in [6.07, 6.45) is 1.97. The standard InChI is InChI=1S/C19H31N5O4S.HI/c1-3-20-19(22-10-9-21-18(25)16-7-8-16)23-14-15-5-4-6-17(13-15)29(26,27)24-11-12-28-2;/h4-6,13,16,24H,3,7-12,14H2,1-2H3,(H,21,25)(H2,20,22,23);1H. The van der Waals surface area contributed by atoms with Crippen LogP contribution < -0.4 is 20.7 Å². The zero-order valence-electron chi connectivity index (χ0n) is 17.4. The largest absolute Gasteiger partial charge is 0.383 e. The lowest BCUT2D eigenvalue weighted by molar-refractivity contribution is -0.122. The Bertz CT molecular complexity index is 800. The number of nitrogens with one attached hydrogen (secondary N) is 4. The number of sulfonamides is 1. The van der Waals surface area contributed by atoms with Gasteiger partial charge in [-0.05, 0) is 37.5 Å². The molecule has 1 aliphatic rings. The molecule has 1 amide bonds. The van der Waals surface area contributed by atoms with Crippen LogP contribution in [0.3, 0.4) is 0 Å².